The molecule has 282 valence electrons. The number of hydrogen-bond acceptors (Lipinski definition) is 5. The van der Waals surface area contributed by atoms with E-state index in [0.29, 0.717) is 13.2 Å². The lowest BCUT2D eigenvalue weighted by Gasteiger charge is -2.17. The van der Waals surface area contributed by atoms with Gasteiger partial charge in [0, 0.05) is 29.4 Å². The molecule has 3 heterocycles. The van der Waals surface area contributed by atoms with Gasteiger partial charge in [-0.25, -0.2) is 15.0 Å². The maximum atomic E-state index is 12.9. The van der Waals surface area contributed by atoms with Crippen molar-refractivity contribution in [2.45, 2.75) is 83.4 Å². The zero-order chi connectivity index (χ0) is 38.3. The molecule has 8 nitrogen and oxygen atoms in total. The van der Waals surface area contributed by atoms with Crippen LogP contribution in [0, 0.1) is 0 Å². The van der Waals surface area contributed by atoms with E-state index in [0.717, 1.165) is 16.7 Å². The Morgan fingerprint density at radius 3 is 1.39 bits per heavy atom. The van der Waals surface area contributed by atoms with Crippen molar-refractivity contribution in [1.29, 1.82) is 0 Å². The third-order valence-corrected chi connectivity index (χ3v) is 12.5. The number of alkyl halides is 9. The van der Waals surface area contributed by atoms with Gasteiger partial charge >= 0.3 is 18.5 Å². The first kappa shape index (κ1) is 47.3. The van der Waals surface area contributed by atoms with Crippen LogP contribution in [0.15, 0.2) is 28.0 Å². The summed E-state index contributed by atoms with van der Waals surface area (Å²) >= 11 is 17.2. The minimum absolute atomic E-state index is 0.0364. The lowest BCUT2D eigenvalue weighted by molar-refractivity contribution is -0.146. The number of imidazole rings is 3. The quantitative estimate of drug-likeness (QED) is 0.124. The van der Waals surface area contributed by atoms with Gasteiger partial charge in [0.2, 0.25) is 0 Å². The van der Waals surface area contributed by atoms with Crippen LogP contribution in [0.25, 0.3) is 0 Å². The van der Waals surface area contributed by atoms with Crippen LogP contribution in [-0.4, -0.2) is 58.4 Å². The maximum Gasteiger partial charge on any atom is 0.436 e. The molecule has 49 heavy (non-hydrogen) atoms. The third kappa shape index (κ3) is 16.8. The summed E-state index contributed by atoms with van der Waals surface area (Å²) in [7, 11) is -2.45. The highest BCUT2D eigenvalue weighted by atomic mass is 79.9. The Hall–Kier alpha value is 0.234. The molecule has 3 aromatic heterocycles. The van der Waals surface area contributed by atoms with Gasteiger partial charge in [-0.2, -0.15) is 39.5 Å². The molecular weight excluding hydrogens is 1110 g/mol. The fraction of sp³-hybridized carbons (Fsp3) is 0.625. The molecule has 1 N–H and O–H groups in total. The molecule has 25 heteroatoms. The van der Waals surface area contributed by atoms with Crippen LogP contribution >= 0.6 is 95.6 Å². The van der Waals surface area contributed by atoms with Crippen molar-refractivity contribution >= 4 is 112 Å². The molecule has 3 aromatic rings. The van der Waals surface area contributed by atoms with Gasteiger partial charge in [-0.1, -0.05) is 39.3 Å². The predicted octanol–water partition coefficient (Wildman–Crippen LogP) is 12.4. The van der Waals surface area contributed by atoms with Gasteiger partial charge < -0.3 is 14.5 Å². The standard InChI is InChI=1S/2C10H15Br2F3N2OSi.C4HBr2F3N2/c1-19(2,3)5-4-18-6-17-7(10(13,14)15)8(11)16-9(17)12;1-19(2,3)5-4-18-6-17-8(11)7(10(13,14)15)16-9(17)12;5-2-1(4(7,8)9)10-3(6)11-2/h2*4-6H2,1-3H3;(H,10,11). The summed E-state index contributed by atoms with van der Waals surface area (Å²) in [6.07, 6.45) is -13.3. The minimum atomic E-state index is -4.48. The molecule has 0 aliphatic rings. The number of nitrogens with zero attached hydrogens (tertiary/aromatic N) is 5. The first-order valence-corrected chi connectivity index (χ1v) is 25.7. The zero-order valence-electron chi connectivity index (χ0n) is 26.5. The van der Waals surface area contributed by atoms with E-state index in [1.165, 1.54) is 4.57 Å². The molecule has 0 bridgehead atoms. The van der Waals surface area contributed by atoms with Crippen LogP contribution < -0.4 is 0 Å². The van der Waals surface area contributed by atoms with Crippen molar-refractivity contribution in [2.75, 3.05) is 13.2 Å². The Bertz CT molecular complexity index is 1500. The second-order valence-electron chi connectivity index (χ2n) is 12.3. The highest BCUT2D eigenvalue weighted by Gasteiger charge is 2.40. The Morgan fingerprint density at radius 2 is 1.06 bits per heavy atom. The number of aromatic nitrogens is 6. The lowest BCUT2D eigenvalue weighted by Crippen LogP contribution is -2.22. The van der Waals surface area contributed by atoms with Gasteiger partial charge in [0.05, 0.1) is 0 Å². The normalized spacial score (nSPS) is 12.8. The van der Waals surface area contributed by atoms with E-state index >= 15 is 0 Å². The first-order chi connectivity index (χ1) is 22.0. The molecule has 0 aromatic carbocycles. The Labute approximate surface area is 328 Å². The second-order valence-corrected chi connectivity index (χ2v) is 27.9. The SMILES string of the molecule is C[Si](C)(C)CCOCn1c(Br)nc(Br)c1C(F)(F)F.C[Si](C)(C)CCOCn1c(Br)nc(C(F)(F)F)c1Br.FC(F)(F)c1[nH]c(Br)nc1Br. The molecule has 0 amide bonds. The lowest BCUT2D eigenvalue weighted by atomic mass is 10.4. The molecule has 0 saturated heterocycles. The topological polar surface area (TPSA) is 82.8 Å². The molecule has 0 radical (unpaired) electrons. The van der Waals surface area contributed by atoms with E-state index in [9.17, 15) is 39.5 Å². The predicted molar refractivity (Wildman–Crippen MR) is 192 cm³/mol. The van der Waals surface area contributed by atoms with Crippen molar-refractivity contribution in [3.05, 3.63) is 45.1 Å². The second kappa shape index (κ2) is 19.0. The fourth-order valence-corrected chi connectivity index (χ4v) is 8.27. The van der Waals surface area contributed by atoms with E-state index in [2.05, 4.69) is 150 Å². The molecule has 0 saturated carbocycles. The minimum Gasteiger partial charge on any atom is -0.361 e. The summed E-state index contributed by atoms with van der Waals surface area (Å²) in [5.41, 5.74) is -2.68. The Balaban J connectivity index is 0.000000381. The number of ether oxygens (including phenoxy) is 2. The van der Waals surface area contributed by atoms with Gasteiger partial charge in [0.1, 0.15) is 27.3 Å². The monoisotopic (exact) mass is 1140 g/mol. The number of nitrogens with one attached hydrogen (secondary N) is 1. The van der Waals surface area contributed by atoms with Gasteiger partial charge in [0.15, 0.2) is 31.3 Å². The van der Waals surface area contributed by atoms with Crippen LogP contribution in [0.4, 0.5) is 39.5 Å². The number of aromatic amines is 1. The Morgan fingerprint density at radius 1 is 0.612 bits per heavy atom. The van der Waals surface area contributed by atoms with E-state index in [4.69, 9.17) is 9.47 Å². The van der Waals surface area contributed by atoms with Gasteiger partial charge in [0.25, 0.3) is 0 Å². The third-order valence-electron chi connectivity index (χ3n) is 5.62. The summed E-state index contributed by atoms with van der Waals surface area (Å²) in [6.45, 7) is 14.0. The average Bonchev–Trinajstić information content (AvgIpc) is 3.49. The fourth-order valence-electron chi connectivity index (χ4n) is 3.06. The van der Waals surface area contributed by atoms with Crippen molar-refractivity contribution in [3.63, 3.8) is 0 Å². The number of H-pyrrole nitrogens is 1. The van der Waals surface area contributed by atoms with Crippen molar-refractivity contribution in [1.82, 2.24) is 29.1 Å². The van der Waals surface area contributed by atoms with Crippen LogP contribution in [-0.2, 0) is 41.5 Å². The van der Waals surface area contributed by atoms with Crippen LogP contribution in [0.2, 0.25) is 51.4 Å². The summed E-state index contributed by atoms with van der Waals surface area (Å²) in [5, 5.41) is 0. The van der Waals surface area contributed by atoms with E-state index in [1.807, 2.05) is 4.98 Å². The van der Waals surface area contributed by atoms with Crippen molar-refractivity contribution in [3.8, 4) is 0 Å². The maximum absolute atomic E-state index is 12.9. The largest absolute Gasteiger partial charge is 0.436 e. The summed E-state index contributed by atoms with van der Waals surface area (Å²) < 4.78 is 125. The zero-order valence-corrected chi connectivity index (χ0v) is 38.0. The van der Waals surface area contributed by atoms with Gasteiger partial charge in [-0.3, -0.25) is 9.13 Å². The number of rotatable bonds is 10. The number of halogens is 15. The average molecular weight is 1140 g/mol. The molecule has 0 fully saturated rings. The molecule has 0 unspecified atom stereocenters. The van der Waals surface area contributed by atoms with Gasteiger partial charge in [-0.05, 0) is 108 Å². The summed E-state index contributed by atoms with van der Waals surface area (Å²) in [6, 6.07) is 1.87. The van der Waals surface area contributed by atoms with Gasteiger partial charge in [-0.15, -0.1) is 0 Å². The molecule has 3 rings (SSSR count). The number of hydrogen-bond donors (Lipinski definition) is 1. The van der Waals surface area contributed by atoms with Crippen molar-refractivity contribution < 1.29 is 49.0 Å². The smallest absolute Gasteiger partial charge is 0.361 e. The van der Waals surface area contributed by atoms with Crippen LogP contribution in [0.1, 0.15) is 17.1 Å². The highest BCUT2D eigenvalue weighted by Crippen LogP contribution is 2.38. The first-order valence-electron chi connectivity index (χ1n) is 13.6. The summed E-state index contributed by atoms with van der Waals surface area (Å²) in [4.78, 5) is 12.6. The molecule has 0 aliphatic carbocycles. The van der Waals surface area contributed by atoms with Crippen LogP contribution in [0.3, 0.4) is 0 Å². The van der Waals surface area contributed by atoms with Crippen LogP contribution in [0.5, 0.6) is 0 Å². The molecule has 0 atom stereocenters. The van der Waals surface area contributed by atoms with E-state index in [-0.39, 0.29) is 41.5 Å². The van der Waals surface area contributed by atoms with E-state index < -0.39 is 51.8 Å². The Kier molecular flexibility index (Phi) is 18.3. The highest BCUT2D eigenvalue weighted by molar-refractivity contribution is 9.11. The summed E-state index contributed by atoms with van der Waals surface area (Å²) in [5.74, 6) is 0. The molecule has 0 spiro atoms. The van der Waals surface area contributed by atoms with Crippen molar-refractivity contribution in [2.24, 2.45) is 0 Å². The molecule has 0 aliphatic heterocycles. The van der Waals surface area contributed by atoms with E-state index in [1.54, 1.807) is 0 Å². The molecular formula is C24H31Br6F9N6O2Si2.